The third-order valence-electron chi connectivity index (χ3n) is 1.65. The molecule has 14 heavy (non-hydrogen) atoms. The molecule has 0 amide bonds. The van der Waals surface area contributed by atoms with Crippen molar-refractivity contribution in [2.24, 2.45) is 5.73 Å². The van der Waals surface area contributed by atoms with E-state index in [0.717, 1.165) is 6.42 Å². The Balaban J connectivity index is 0.000000255. The minimum Gasteiger partial charge on any atom is -0.468 e. The van der Waals surface area contributed by atoms with E-state index in [0.29, 0.717) is 0 Å². The lowest BCUT2D eigenvalue weighted by Gasteiger charge is -1.89. The van der Waals surface area contributed by atoms with Gasteiger partial charge in [0, 0.05) is 0 Å². The minimum absolute atomic E-state index is 0.0312. The second-order valence-corrected chi connectivity index (χ2v) is 2.62. The molecule has 0 fully saturated rings. The maximum Gasteiger partial charge on any atom is 0.319 e. The number of rotatable bonds is 2. The highest BCUT2D eigenvalue weighted by Crippen LogP contribution is 1.96. The number of carbonyl (C=O) groups is 1. The van der Waals surface area contributed by atoms with Gasteiger partial charge in [0.1, 0.15) is 0 Å². The van der Waals surface area contributed by atoms with Gasteiger partial charge in [0.2, 0.25) is 0 Å². The molecule has 78 valence electrons. The van der Waals surface area contributed by atoms with Crippen LogP contribution in [0, 0.1) is 0 Å². The van der Waals surface area contributed by atoms with Crippen molar-refractivity contribution < 1.29 is 9.53 Å². The quantitative estimate of drug-likeness (QED) is 0.725. The van der Waals surface area contributed by atoms with Gasteiger partial charge in [-0.25, -0.2) is 0 Å². The SMILES string of the molecule is CCc1ccccc1.COC(=O)CN. The smallest absolute Gasteiger partial charge is 0.319 e. The molecule has 0 saturated heterocycles. The fourth-order valence-electron chi connectivity index (χ4n) is 0.797. The number of methoxy groups -OCH3 is 1. The molecule has 1 aromatic carbocycles. The molecule has 0 spiro atoms. The van der Waals surface area contributed by atoms with Gasteiger partial charge < -0.3 is 10.5 Å². The van der Waals surface area contributed by atoms with Gasteiger partial charge in [-0.15, -0.1) is 0 Å². The second-order valence-electron chi connectivity index (χ2n) is 2.62. The Kier molecular flexibility index (Phi) is 7.46. The monoisotopic (exact) mass is 195 g/mol. The molecule has 0 aliphatic heterocycles. The van der Waals surface area contributed by atoms with Crippen molar-refractivity contribution in [2.75, 3.05) is 13.7 Å². The molecule has 0 saturated carbocycles. The largest absolute Gasteiger partial charge is 0.468 e. The number of aryl methyl sites for hydroxylation is 1. The molecule has 0 heterocycles. The summed E-state index contributed by atoms with van der Waals surface area (Å²) in [4.78, 5) is 9.83. The first-order valence-corrected chi connectivity index (χ1v) is 4.55. The lowest BCUT2D eigenvalue weighted by Crippen LogP contribution is -2.14. The maximum atomic E-state index is 9.83. The van der Waals surface area contributed by atoms with Crippen LogP contribution in [0.25, 0.3) is 0 Å². The van der Waals surface area contributed by atoms with Crippen molar-refractivity contribution in [3.05, 3.63) is 35.9 Å². The van der Waals surface area contributed by atoms with Gasteiger partial charge in [-0.1, -0.05) is 37.3 Å². The van der Waals surface area contributed by atoms with E-state index in [4.69, 9.17) is 5.73 Å². The number of carbonyl (C=O) groups excluding carboxylic acids is 1. The van der Waals surface area contributed by atoms with Crippen molar-refractivity contribution in [1.82, 2.24) is 0 Å². The zero-order chi connectivity index (χ0) is 10.8. The van der Waals surface area contributed by atoms with Crippen LogP contribution in [0.1, 0.15) is 12.5 Å². The van der Waals surface area contributed by atoms with Crippen LogP contribution in [0.2, 0.25) is 0 Å². The summed E-state index contributed by atoms with van der Waals surface area (Å²) in [6.45, 7) is 2.13. The van der Waals surface area contributed by atoms with E-state index in [2.05, 4.69) is 35.9 Å². The number of hydrogen-bond acceptors (Lipinski definition) is 3. The molecule has 1 rings (SSSR count). The zero-order valence-corrected chi connectivity index (χ0v) is 8.69. The molecule has 3 heteroatoms. The van der Waals surface area contributed by atoms with Crippen molar-refractivity contribution >= 4 is 5.97 Å². The number of hydrogen-bond donors (Lipinski definition) is 1. The Morgan fingerprint density at radius 1 is 1.36 bits per heavy atom. The molecule has 3 nitrogen and oxygen atoms in total. The van der Waals surface area contributed by atoms with Gasteiger partial charge >= 0.3 is 5.97 Å². The van der Waals surface area contributed by atoms with E-state index in [-0.39, 0.29) is 12.5 Å². The van der Waals surface area contributed by atoms with Crippen molar-refractivity contribution in [2.45, 2.75) is 13.3 Å². The molecule has 1 aromatic rings. The number of benzene rings is 1. The van der Waals surface area contributed by atoms with Gasteiger partial charge in [-0.2, -0.15) is 0 Å². The molecular formula is C11H17NO2. The Labute approximate surface area is 84.9 Å². The Hall–Kier alpha value is -1.35. The molecule has 0 aromatic heterocycles. The van der Waals surface area contributed by atoms with Crippen LogP contribution in [-0.4, -0.2) is 19.6 Å². The summed E-state index contributed by atoms with van der Waals surface area (Å²) in [6, 6.07) is 10.5. The van der Waals surface area contributed by atoms with E-state index in [1.54, 1.807) is 0 Å². The highest BCUT2D eigenvalue weighted by molar-refractivity contribution is 5.70. The molecular weight excluding hydrogens is 178 g/mol. The molecule has 0 radical (unpaired) electrons. The normalized spacial score (nSPS) is 8.50. The van der Waals surface area contributed by atoms with Gasteiger partial charge in [0.15, 0.2) is 0 Å². The average Bonchev–Trinajstić information content (AvgIpc) is 2.30. The summed E-state index contributed by atoms with van der Waals surface area (Å²) in [7, 11) is 1.30. The number of nitrogens with two attached hydrogens (primary N) is 1. The van der Waals surface area contributed by atoms with Crippen molar-refractivity contribution in [3.8, 4) is 0 Å². The summed E-state index contributed by atoms with van der Waals surface area (Å²) in [5.41, 5.74) is 6.22. The van der Waals surface area contributed by atoms with Gasteiger partial charge in [0.25, 0.3) is 0 Å². The standard InChI is InChI=1S/C8H10.C3H7NO2/c1-2-8-6-4-3-5-7-8;1-6-3(5)2-4/h3-7H,2H2,1H3;2,4H2,1H3. The van der Waals surface area contributed by atoms with Crippen LogP contribution in [0.3, 0.4) is 0 Å². The van der Waals surface area contributed by atoms with E-state index in [1.165, 1.54) is 12.7 Å². The lowest BCUT2D eigenvalue weighted by atomic mass is 10.2. The number of esters is 1. The van der Waals surface area contributed by atoms with E-state index in [1.807, 2.05) is 6.07 Å². The van der Waals surface area contributed by atoms with Crippen LogP contribution in [0.5, 0.6) is 0 Å². The summed E-state index contributed by atoms with van der Waals surface area (Å²) in [6.07, 6.45) is 1.14. The molecule has 0 aliphatic rings. The third kappa shape index (κ3) is 6.20. The minimum atomic E-state index is -0.380. The van der Waals surface area contributed by atoms with E-state index >= 15 is 0 Å². The second kappa shape index (κ2) is 8.26. The molecule has 0 atom stereocenters. The number of ether oxygens (including phenoxy) is 1. The molecule has 0 aliphatic carbocycles. The topological polar surface area (TPSA) is 52.3 Å². The van der Waals surface area contributed by atoms with Gasteiger partial charge in [-0.3, -0.25) is 4.79 Å². The Morgan fingerprint density at radius 2 is 1.93 bits per heavy atom. The van der Waals surface area contributed by atoms with Crippen LogP contribution >= 0.6 is 0 Å². The fourth-order valence-corrected chi connectivity index (χ4v) is 0.797. The highest BCUT2D eigenvalue weighted by atomic mass is 16.5. The lowest BCUT2D eigenvalue weighted by molar-refractivity contribution is -0.138. The summed E-state index contributed by atoms with van der Waals surface area (Å²) in [5, 5.41) is 0. The predicted octanol–water partition coefficient (Wildman–Crippen LogP) is 1.37. The Morgan fingerprint density at radius 3 is 2.14 bits per heavy atom. The van der Waals surface area contributed by atoms with Crippen LogP contribution in [0.4, 0.5) is 0 Å². The molecule has 0 unspecified atom stereocenters. The third-order valence-corrected chi connectivity index (χ3v) is 1.65. The first kappa shape index (κ1) is 12.7. The predicted molar refractivity (Wildman–Crippen MR) is 56.9 cm³/mol. The summed E-state index contributed by atoms with van der Waals surface area (Å²) in [5.74, 6) is -0.380. The van der Waals surface area contributed by atoms with Crippen molar-refractivity contribution in [3.63, 3.8) is 0 Å². The van der Waals surface area contributed by atoms with Crippen molar-refractivity contribution in [1.29, 1.82) is 0 Å². The van der Waals surface area contributed by atoms with E-state index in [9.17, 15) is 4.79 Å². The fraction of sp³-hybridized carbons (Fsp3) is 0.364. The summed E-state index contributed by atoms with van der Waals surface area (Å²) >= 11 is 0. The van der Waals surface area contributed by atoms with Crippen LogP contribution < -0.4 is 5.73 Å². The average molecular weight is 195 g/mol. The van der Waals surface area contributed by atoms with Gasteiger partial charge in [-0.05, 0) is 12.0 Å². The first-order valence-electron chi connectivity index (χ1n) is 4.55. The first-order chi connectivity index (χ1) is 6.74. The molecule has 2 N–H and O–H groups in total. The van der Waals surface area contributed by atoms with E-state index < -0.39 is 0 Å². The molecule has 0 bridgehead atoms. The van der Waals surface area contributed by atoms with Crippen LogP contribution in [0.15, 0.2) is 30.3 Å². The highest BCUT2D eigenvalue weighted by Gasteiger charge is 1.87. The maximum absolute atomic E-state index is 9.83. The zero-order valence-electron chi connectivity index (χ0n) is 8.69. The van der Waals surface area contributed by atoms with Gasteiger partial charge in [0.05, 0.1) is 13.7 Å². The Bertz CT molecular complexity index is 241. The summed E-state index contributed by atoms with van der Waals surface area (Å²) < 4.78 is 4.14. The van der Waals surface area contributed by atoms with Crippen LogP contribution in [-0.2, 0) is 16.0 Å².